The topological polar surface area (TPSA) is 38.5 Å². The van der Waals surface area contributed by atoms with Gasteiger partial charge in [0.25, 0.3) is 0 Å². The van der Waals surface area contributed by atoms with E-state index in [-0.39, 0.29) is 0 Å². The van der Waals surface area contributed by atoms with Crippen LogP contribution in [0.2, 0.25) is 0 Å². The van der Waals surface area contributed by atoms with Gasteiger partial charge < -0.3 is 9.15 Å². The number of likely N-dealkylation sites (tertiary alicyclic amines) is 1. The predicted molar refractivity (Wildman–Crippen MR) is 95.1 cm³/mol. The first-order valence-electron chi connectivity index (χ1n) is 8.59. The fourth-order valence-electron chi connectivity index (χ4n) is 3.36. The van der Waals surface area contributed by atoms with E-state index < -0.39 is 0 Å². The van der Waals surface area contributed by atoms with Gasteiger partial charge in [0, 0.05) is 17.7 Å². The monoisotopic (exact) mass is 322 g/mol. The third kappa shape index (κ3) is 3.02. The normalized spacial score (nSPS) is 15.7. The molecule has 0 unspecified atom stereocenters. The highest BCUT2D eigenvalue weighted by Gasteiger charge is 2.15. The van der Waals surface area contributed by atoms with Crippen molar-refractivity contribution in [2.24, 2.45) is 0 Å². The maximum Gasteiger partial charge on any atom is 0.227 e. The fourth-order valence-corrected chi connectivity index (χ4v) is 3.36. The number of fused-ring (bicyclic) bond motifs is 1. The molecule has 1 aromatic heterocycles. The minimum absolute atomic E-state index is 0.638. The molecular formula is C20H22N2O2. The minimum atomic E-state index is 0.638. The average molecular weight is 322 g/mol. The van der Waals surface area contributed by atoms with Crippen LogP contribution in [0.25, 0.3) is 22.6 Å². The Balaban J connectivity index is 1.62. The fraction of sp³-hybridized carbons (Fsp3) is 0.350. The van der Waals surface area contributed by atoms with Gasteiger partial charge in [-0.1, -0.05) is 24.6 Å². The van der Waals surface area contributed by atoms with Crippen molar-refractivity contribution in [1.82, 2.24) is 9.88 Å². The molecule has 3 aromatic rings. The number of hydrogen-bond donors (Lipinski definition) is 0. The average Bonchev–Trinajstić information content (AvgIpc) is 3.07. The zero-order chi connectivity index (χ0) is 16.4. The number of aromatic nitrogens is 1. The van der Waals surface area contributed by atoms with Crippen LogP contribution >= 0.6 is 0 Å². The van der Waals surface area contributed by atoms with Crippen LogP contribution in [0.15, 0.2) is 46.9 Å². The molecule has 0 atom stereocenters. The second kappa shape index (κ2) is 6.65. The lowest BCUT2D eigenvalue weighted by Gasteiger charge is -2.27. The van der Waals surface area contributed by atoms with Crippen LogP contribution in [-0.4, -0.2) is 30.1 Å². The first-order chi connectivity index (χ1) is 11.8. The quantitative estimate of drug-likeness (QED) is 0.709. The van der Waals surface area contributed by atoms with Crippen molar-refractivity contribution in [1.29, 1.82) is 0 Å². The van der Waals surface area contributed by atoms with Crippen molar-refractivity contribution in [3.8, 4) is 17.2 Å². The van der Waals surface area contributed by atoms with Crippen LogP contribution in [0.1, 0.15) is 24.8 Å². The molecule has 2 heterocycles. The Morgan fingerprint density at radius 2 is 1.92 bits per heavy atom. The summed E-state index contributed by atoms with van der Waals surface area (Å²) in [6, 6.07) is 14.1. The van der Waals surface area contributed by atoms with Crippen LogP contribution in [0, 0.1) is 0 Å². The lowest BCUT2D eigenvalue weighted by molar-refractivity contribution is 0.218. The summed E-state index contributed by atoms with van der Waals surface area (Å²) in [6.07, 6.45) is 3.94. The van der Waals surface area contributed by atoms with Crippen molar-refractivity contribution in [2.45, 2.75) is 25.8 Å². The number of nitrogens with zero attached hydrogens (tertiary/aromatic N) is 2. The number of benzene rings is 2. The Bertz CT molecular complexity index is 802. The highest BCUT2D eigenvalue weighted by atomic mass is 16.5. The summed E-state index contributed by atoms with van der Waals surface area (Å²) in [6.45, 7) is 3.29. The molecule has 2 aromatic carbocycles. The highest BCUT2D eigenvalue weighted by Crippen LogP contribution is 2.30. The lowest BCUT2D eigenvalue weighted by Crippen LogP contribution is -2.29. The van der Waals surface area contributed by atoms with Gasteiger partial charge in [-0.05, 0) is 50.2 Å². The third-order valence-electron chi connectivity index (χ3n) is 4.67. The number of ether oxygens (including phenoxy) is 1. The van der Waals surface area contributed by atoms with Crippen LogP contribution in [0.3, 0.4) is 0 Å². The Hall–Kier alpha value is -2.33. The second-order valence-corrected chi connectivity index (χ2v) is 6.35. The first kappa shape index (κ1) is 15.2. The van der Waals surface area contributed by atoms with E-state index in [0.29, 0.717) is 5.89 Å². The van der Waals surface area contributed by atoms with Crippen LogP contribution in [0.5, 0.6) is 5.75 Å². The van der Waals surface area contributed by atoms with Gasteiger partial charge in [0.05, 0.1) is 7.11 Å². The molecule has 24 heavy (non-hydrogen) atoms. The van der Waals surface area contributed by atoms with Crippen molar-refractivity contribution in [3.05, 3.63) is 48.0 Å². The predicted octanol–water partition coefficient (Wildman–Crippen LogP) is 4.49. The van der Waals surface area contributed by atoms with Crippen molar-refractivity contribution in [3.63, 3.8) is 0 Å². The number of para-hydroxylation sites is 2. The summed E-state index contributed by atoms with van der Waals surface area (Å²) in [7, 11) is 1.73. The molecule has 0 amide bonds. The summed E-state index contributed by atoms with van der Waals surface area (Å²) < 4.78 is 11.5. The van der Waals surface area contributed by atoms with E-state index in [4.69, 9.17) is 9.15 Å². The number of rotatable bonds is 4. The standard InChI is InChI=1S/C20H22N2O2/c1-23-19-13-15(20-21-17-7-3-4-8-18(17)24-20)9-10-16(19)14-22-11-5-2-6-12-22/h3-4,7-10,13H,2,5-6,11-12,14H2,1H3. The molecule has 1 fully saturated rings. The van der Waals surface area contributed by atoms with E-state index in [1.807, 2.05) is 30.3 Å². The molecular weight excluding hydrogens is 300 g/mol. The van der Waals surface area contributed by atoms with E-state index in [1.54, 1.807) is 7.11 Å². The summed E-state index contributed by atoms with van der Waals surface area (Å²) in [5.74, 6) is 1.54. The molecule has 0 N–H and O–H groups in total. The lowest BCUT2D eigenvalue weighted by atomic mass is 10.1. The second-order valence-electron chi connectivity index (χ2n) is 6.35. The van der Waals surface area contributed by atoms with Gasteiger partial charge in [0.2, 0.25) is 5.89 Å². The molecule has 4 heteroatoms. The van der Waals surface area contributed by atoms with Crippen LogP contribution in [-0.2, 0) is 6.54 Å². The van der Waals surface area contributed by atoms with E-state index in [2.05, 4.69) is 22.0 Å². The van der Waals surface area contributed by atoms with Crippen molar-refractivity contribution in [2.75, 3.05) is 20.2 Å². The molecule has 4 nitrogen and oxygen atoms in total. The van der Waals surface area contributed by atoms with E-state index in [9.17, 15) is 0 Å². The Kier molecular flexibility index (Phi) is 4.22. The van der Waals surface area contributed by atoms with Crippen molar-refractivity contribution >= 4 is 11.1 Å². The summed E-state index contributed by atoms with van der Waals surface area (Å²) in [4.78, 5) is 7.07. The molecule has 1 saturated heterocycles. The largest absolute Gasteiger partial charge is 0.496 e. The smallest absolute Gasteiger partial charge is 0.227 e. The molecule has 0 saturated carbocycles. The number of methoxy groups -OCH3 is 1. The zero-order valence-electron chi connectivity index (χ0n) is 14.0. The van der Waals surface area contributed by atoms with Crippen LogP contribution in [0.4, 0.5) is 0 Å². The highest BCUT2D eigenvalue weighted by molar-refractivity contribution is 5.76. The zero-order valence-corrected chi connectivity index (χ0v) is 14.0. The summed E-state index contributed by atoms with van der Waals surface area (Å²) in [5, 5.41) is 0. The number of hydrogen-bond acceptors (Lipinski definition) is 4. The SMILES string of the molecule is COc1cc(-c2nc3ccccc3o2)ccc1CN1CCCCC1. The van der Waals surface area contributed by atoms with Gasteiger partial charge in [-0.3, -0.25) is 4.90 Å². The molecule has 1 aliphatic rings. The summed E-state index contributed by atoms with van der Waals surface area (Å²) >= 11 is 0. The molecule has 0 radical (unpaired) electrons. The Morgan fingerprint density at radius 1 is 1.08 bits per heavy atom. The van der Waals surface area contributed by atoms with E-state index in [0.717, 1.165) is 29.0 Å². The first-order valence-corrected chi connectivity index (χ1v) is 8.59. The third-order valence-corrected chi connectivity index (χ3v) is 4.67. The maximum absolute atomic E-state index is 5.87. The van der Waals surface area contributed by atoms with Gasteiger partial charge in [-0.2, -0.15) is 0 Å². The van der Waals surface area contributed by atoms with Gasteiger partial charge in [-0.15, -0.1) is 0 Å². The van der Waals surface area contributed by atoms with E-state index >= 15 is 0 Å². The van der Waals surface area contributed by atoms with Gasteiger partial charge in [-0.25, -0.2) is 4.98 Å². The molecule has 4 rings (SSSR count). The molecule has 0 aliphatic carbocycles. The summed E-state index contributed by atoms with van der Waals surface area (Å²) in [5.41, 5.74) is 3.86. The van der Waals surface area contributed by atoms with Gasteiger partial charge >= 0.3 is 0 Å². The molecule has 1 aliphatic heterocycles. The number of oxazole rings is 1. The van der Waals surface area contributed by atoms with Gasteiger partial charge in [0.1, 0.15) is 11.3 Å². The molecule has 124 valence electrons. The Labute approximate surface area is 142 Å². The van der Waals surface area contributed by atoms with Crippen LogP contribution < -0.4 is 4.74 Å². The van der Waals surface area contributed by atoms with E-state index in [1.165, 1.54) is 37.9 Å². The maximum atomic E-state index is 5.87. The molecule has 0 spiro atoms. The van der Waals surface area contributed by atoms with Gasteiger partial charge in [0.15, 0.2) is 5.58 Å². The minimum Gasteiger partial charge on any atom is -0.496 e. The van der Waals surface area contributed by atoms with Crippen molar-refractivity contribution < 1.29 is 9.15 Å². The number of piperidine rings is 1. The Morgan fingerprint density at radius 3 is 2.71 bits per heavy atom. The molecule has 0 bridgehead atoms.